The highest BCUT2D eigenvalue weighted by atomic mass is 79.9. The number of imide groups is 2. The predicted molar refractivity (Wildman–Crippen MR) is 126 cm³/mol. The number of ether oxygens (including phenoxy) is 3. The molecule has 0 aliphatic carbocycles. The lowest BCUT2D eigenvalue weighted by molar-refractivity contribution is -0.122. The van der Waals surface area contributed by atoms with Gasteiger partial charge in [0.05, 0.1) is 5.69 Å². The minimum atomic E-state index is -0.882. The second-order valence-corrected chi connectivity index (χ2v) is 8.51. The van der Waals surface area contributed by atoms with E-state index in [0.29, 0.717) is 32.8 Å². The number of amides is 4. The Balaban J connectivity index is 1.47. The summed E-state index contributed by atoms with van der Waals surface area (Å²) >= 11 is 3.37. The Kier molecular flexibility index (Phi) is 5.96. The lowest BCUT2D eigenvalue weighted by Crippen LogP contribution is -2.54. The number of rotatable bonds is 5. The zero-order valence-corrected chi connectivity index (χ0v) is 19.5. The molecular formula is C25H16BrFN2O6. The van der Waals surface area contributed by atoms with Crippen molar-refractivity contribution in [1.29, 1.82) is 0 Å². The van der Waals surface area contributed by atoms with Crippen molar-refractivity contribution in [3.63, 3.8) is 0 Å². The van der Waals surface area contributed by atoms with Crippen LogP contribution in [-0.2, 0) is 16.2 Å². The topological polar surface area (TPSA) is 94.2 Å². The first-order valence-electron chi connectivity index (χ1n) is 10.4. The van der Waals surface area contributed by atoms with Crippen LogP contribution in [0.5, 0.6) is 17.2 Å². The van der Waals surface area contributed by atoms with Gasteiger partial charge in [-0.05, 0) is 54.1 Å². The maximum absolute atomic E-state index is 13.5. The molecule has 1 N–H and O–H groups in total. The van der Waals surface area contributed by atoms with Crippen LogP contribution in [0.15, 0.2) is 70.7 Å². The molecule has 2 aliphatic heterocycles. The van der Waals surface area contributed by atoms with E-state index in [0.717, 1.165) is 4.90 Å². The van der Waals surface area contributed by atoms with Gasteiger partial charge in [0.2, 0.25) is 6.79 Å². The summed E-state index contributed by atoms with van der Waals surface area (Å²) in [5.41, 5.74) is 0.967. The maximum Gasteiger partial charge on any atom is 0.335 e. The summed E-state index contributed by atoms with van der Waals surface area (Å²) in [6.07, 6.45) is 1.34. The van der Waals surface area contributed by atoms with E-state index in [1.807, 2.05) is 0 Å². The van der Waals surface area contributed by atoms with E-state index >= 15 is 0 Å². The number of nitrogens with zero attached hydrogens (tertiary/aromatic N) is 1. The first-order chi connectivity index (χ1) is 16.9. The van der Waals surface area contributed by atoms with E-state index in [9.17, 15) is 18.8 Å². The van der Waals surface area contributed by atoms with Crippen LogP contribution in [0.1, 0.15) is 11.1 Å². The second-order valence-electron chi connectivity index (χ2n) is 7.60. The molecule has 0 radical (unpaired) electrons. The Hall–Kier alpha value is -4.18. The molecule has 1 saturated heterocycles. The Labute approximate surface area is 207 Å². The van der Waals surface area contributed by atoms with E-state index < -0.39 is 17.8 Å². The lowest BCUT2D eigenvalue weighted by Gasteiger charge is -2.26. The van der Waals surface area contributed by atoms with Gasteiger partial charge in [-0.2, -0.15) is 0 Å². The Morgan fingerprint density at radius 1 is 1.03 bits per heavy atom. The van der Waals surface area contributed by atoms with Crippen LogP contribution in [0, 0.1) is 5.82 Å². The number of nitrogens with one attached hydrogen (secondary N) is 1. The smallest absolute Gasteiger partial charge is 0.335 e. The van der Waals surface area contributed by atoms with Gasteiger partial charge >= 0.3 is 6.03 Å². The van der Waals surface area contributed by atoms with Gasteiger partial charge in [-0.1, -0.05) is 28.1 Å². The highest BCUT2D eigenvalue weighted by molar-refractivity contribution is 9.10. The fourth-order valence-corrected chi connectivity index (χ4v) is 4.00. The summed E-state index contributed by atoms with van der Waals surface area (Å²) < 4.78 is 30.6. The second kappa shape index (κ2) is 9.22. The Bertz CT molecular complexity index is 1410. The molecule has 176 valence electrons. The number of carbonyl (C=O) groups excluding carboxylic acids is 3. The average molecular weight is 539 g/mol. The Morgan fingerprint density at radius 2 is 1.86 bits per heavy atom. The fraction of sp³-hybridized carbons (Fsp3) is 0.0800. The van der Waals surface area contributed by atoms with Gasteiger partial charge in [0.25, 0.3) is 11.8 Å². The zero-order chi connectivity index (χ0) is 24.5. The molecule has 0 bridgehead atoms. The van der Waals surface area contributed by atoms with Crippen molar-refractivity contribution in [2.45, 2.75) is 6.61 Å². The lowest BCUT2D eigenvalue weighted by atomic mass is 10.1. The van der Waals surface area contributed by atoms with E-state index in [1.165, 1.54) is 30.3 Å². The van der Waals surface area contributed by atoms with Gasteiger partial charge < -0.3 is 14.2 Å². The molecule has 8 nitrogen and oxygen atoms in total. The van der Waals surface area contributed by atoms with E-state index in [2.05, 4.69) is 21.2 Å². The number of hydrogen-bond donors (Lipinski definition) is 1. The Morgan fingerprint density at radius 3 is 2.69 bits per heavy atom. The SMILES string of the molecule is O=C1NC(=O)N(c2ccc3c(c2)OCO3)C(=O)/C1=C/c1cc(Br)ccc1OCc1cccc(F)c1. The van der Waals surface area contributed by atoms with Gasteiger partial charge in [0, 0.05) is 16.1 Å². The molecule has 10 heteroatoms. The summed E-state index contributed by atoms with van der Waals surface area (Å²) in [6.45, 7) is 0.0986. The van der Waals surface area contributed by atoms with Crippen LogP contribution in [0.4, 0.5) is 14.9 Å². The van der Waals surface area contributed by atoms with Crippen LogP contribution in [-0.4, -0.2) is 24.6 Å². The molecule has 3 aromatic carbocycles. The number of benzene rings is 3. The number of urea groups is 1. The van der Waals surface area contributed by atoms with Crippen LogP contribution in [0.25, 0.3) is 6.08 Å². The highest BCUT2D eigenvalue weighted by Crippen LogP contribution is 2.36. The van der Waals surface area contributed by atoms with E-state index in [1.54, 1.807) is 36.4 Å². The minimum absolute atomic E-state index is 0.0316. The average Bonchev–Trinajstić information content (AvgIpc) is 3.29. The van der Waals surface area contributed by atoms with Crippen molar-refractivity contribution in [3.8, 4) is 17.2 Å². The largest absolute Gasteiger partial charge is 0.488 e. The molecule has 0 spiro atoms. The quantitative estimate of drug-likeness (QED) is 0.378. The van der Waals surface area contributed by atoms with E-state index in [4.69, 9.17) is 14.2 Å². The molecule has 3 aromatic rings. The van der Waals surface area contributed by atoms with Gasteiger partial charge in [-0.15, -0.1) is 0 Å². The number of halogens is 2. The normalized spacial score (nSPS) is 16.0. The third kappa shape index (κ3) is 4.60. The molecule has 2 aliphatic rings. The highest BCUT2D eigenvalue weighted by Gasteiger charge is 2.37. The molecular weight excluding hydrogens is 523 g/mol. The molecule has 5 rings (SSSR count). The molecule has 0 atom stereocenters. The minimum Gasteiger partial charge on any atom is -0.488 e. The molecule has 1 fully saturated rings. The summed E-state index contributed by atoms with van der Waals surface area (Å²) in [4.78, 5) is 39.3. The molecule has 0 unspecified atom stereocenters. The fourth-order valence-electron chi connectivity index (χ4n) is 3.62. The van der Waals surface area contributed by atoms with Crippen LogP contribution >= 0.6 is 15.9 Å². The molecule has 0 saturated carbocycles. The number of barbiturate groups is 1. The number of fused-ring (bicyclic) bond motifs is 1. The standard InChI is InChI=1S/C25H16BrFN2O6/c26-16-4-6-20(33-12-14-2-1-3-17(27)8-14)15(9-16)10-19-23(30)28-25(32)29(24(19)31)18-5-7-21-22(11-18)35-13-34-21/h1-11H,12-13H2,(H,28,30,32)/b19-10+. The van der Waals surface area contributed by atoms with E-state index in [-0.39, 0.29) is 30.5 Å². The molecule has 2 heterocycles. The van der Waals surface area contributed by atoms with Gasteiger partial charge in [0.1, 0.15) is 23.7 Å². The van der Waals surface area contributed by atoms with Crippen LogP contribution < -0.4 is 24.4 Å². The van der Waals surface area contributed by atoms with Crippen molar-refractivity contribution in [3.05, 3.63) is 87.7 Å². The van der Waals surface area contributed by atoms with Crippen molar-refractivity contribution >= 4 is 45.5 Å². The first kappa shape index (κ1) is 22.6. The van der Waals surface area contributed by atoms with Crippen molar-refractivity contribution < 1.29 is 33.0 Å². The predicted octanol–water partition coefficient (Wildman–Crippen LogP) is 4.56. The first-order valence-corrected chi connectivity index (χ1v) is 11.2. The number of carbonyl (C=O) groups is 3. The van der Waals surface area contributed by atoms with Crippen molar-refractivity contribution in [2.75, 3.05) is 11.7 Å². The van der Waals surface area contributed by atoms with Crippen LogP contribution in [0.2, 0.25) is 0 Å². The summed E-state index contributed by atoms with van der Waals surface area (Å²) in [5, 5.41) is 2.19. The number of anilines is 1. The van der Waals surface area contributed by atoms with Gasteiger partial charge in [-0.25, -0.2) is 14.1 Å². The summed E-state index contributed by atoms with van der Waals surface area (Å²) in [6, 6.07) is 14.7. The third-order valence-electron chi connectivity index (χ3n) is 5.27. The molecule has 0 aromatic heterocycles. The zero-order valence-electron chi connectivity index (χ0n) is 17.9. The van der Waals surface area contributed by atoms with Gasteiger partial charge in [0.15, 0.2) is 11.5 Å². The maximum atomic E-state index is 13.5. The monoisotopic (exact) mass is 538 g/mol. The van der Waals surface area contributed by atoms with Crippen molar-refractivity contribution in [2.24, 2.45) is 0 Å². The van der Waals surface area contributed by atoms with Crippen LogP contribution in [0.3, 0.4) is 0 Å². The van der Waals surface area contributed by atoms with Gasteiger partial charge in [-0.3, -0.25) is 14.9 Å². The summed E-state index contributed by atoms with van der Waals surface area (Å²) in [5.74, 6) is -0.814. The number of hydrogen-bond acceptors (Lipinski definition) is 6. The molecule has 4 amide bonds. The molecule has 35 heavy (non-hydrogen) atoms. The van der Waals surface area contributed by atoms with Crippen molar-refractivity contribution in [1.82, 2.24) is 5.32 Å². The third-order valence-corrected chi connectivity index (χ3v) is 5.76. The summed E-state index contributed by atoms with van der Waals surface area (Å²) in [7, 11) is 0.